The maximum absolute atomic E-state index is 13.9. The number of likely N-dealkylation sites (tertiary alicyclic amines) is 1. The molecule has 1 aliphatic heterocycles. The molecule has 0 aromatic heterocycles. The number of piperidine rings is 1. The molecular formula is C36H38F3N3O4S. The van der Waals surface area contributed by atoms with E-state index in [4.69, 9.17) is 4.74 Å². The van der Waals surface area contributed by atoms with E-state index in [0.29, 0.717) is 24.8 Å². The van der Waals surface area contributed by atoms with Crippen LogP contribution in [0.4, 0.5) is 23.7 Å². The van der Waals surface area contributed by atoms with Crippen molar-refractivity contribution in [1.82, 2.24) is 9.80 Å². The molecule has 248 valence electrons. The van der Waals surface area contributed by atoms with Crippen LogP contribution in [0.5, 0.6) is 0 Å². The molecule has 4 aromatic rings. The van der Waals surface area contributed by atoms with Gasteiger partial charge in [0.2, 0.25) is 0 Å². The maximum atomic E-state index is 13.9. The lowest BCUT2D eigenvalue weighted by molar-refractivity contribution is -0.137. The number of para-hydroxylation sites is 1. The van der Waals surface area contributed by atoms with Gasteiger partial charge in [0.05, 0.1) is 16.1 Å². The summed E-state index contributed by atoms with van der Waals surface area (Å²) in [6.45, 7) is 4.00. The first-order valence-corrected chi connectivity index (χ1v) is 17.0. The van der Waals surface area contributed by atoms with Crippen LogP contribution < -0.4 is 4.31 Å². The number of ether oxygens (including phenoxy) is 1. The zero-order chi connectivity index (χ0) is 33.4. The molecule has 1 heterocycles. The number of anilines is 1. The Morgan fingerprint density at radius 1 is 0.830 bits per heavy atom. The molecule has 7 nitrogen and oxygen atoms in total. The number of alkyl halides is 3. The normalized spacial score (nSPS) is 15.0. The van der Waals surface area contributed by atoms with Crippen LogP contribution >= 0.6 is 0 Å². The highest BCUT2D eigenvalue weighted by Crippen LogP contribution is 2.34. The largest absolute Gasteiger partial charge is 0.448 e. The summed E-state index contributed by atoms with van der Waals surface area (Å²) in [5, 5.41) is 0. The quantitative estimate of drug-likeness (QED) is 0.165. The first-order chi connectivity index (χ1) is 22.5. The molecule has 1 amide bonds. The van der Waals surface area contributed by atoms with Crippen molar-refractivity contribution in [1.29, 1.82) is 0 Å². The minimum absolute atomic E-state index is 0.0944. The van der Waals surface area contributed by atoms with Crippen molar-refractivity contribution in [2.45, 2.75) is 56.0 Å². The summed E-state index contributed by atoms with van der Waals surface area (Å²) < 4.78 is 75.1. The highest BCUT2D eigenvalue weighted by atomic mass is 32.2. The van der Waals surface area contributed by atoms with Crippen molar-refractivity contribution in [2.75, 3.05) is 24.0 Å². The van der Waals surface area contributed by atoms with E-state index in [1.54, 1.807) is 35.2 Å². The predicted octanol–water partition coefficient (Wildman–Crippen LogP) is 7.59. The number of halogens is 3. The van der Waals surface area contributed by atoms with Crippen LogP contribution in [0.15, 0.2) is 120 Å². The molecular weight excluding hydrogens is 627 g/mol. The number of carbonyl (C=O) groups excluding carboxylic acids is 1. The standard InChI is InChI=1S/C36H38F3N3O4S/c1-28(41(25-29-12-5-2-6-13-29)26-30-14-7-3-8-15-30)27-46-35(43)40-22-20-33(21-23-40)42(32-17-9-4-10-18-32)47(44,45)34-19-11-16-31(24-34)36(37,38)39/h2-19,24,28,33H,20-23,25-27H2,1H3. The molecule has 1 atom stereocenters. The fourth-order valence-electron chi connectivity index (χ4n) is 5.74. The van der Waals surface area contributed by atoms with E-state index >= 15 is 0 Å². The third-order valence-electron chi connectivity index (χ3n) is 8.31. The number of hydrogen-bond donors (Lipinski definition) is 0. The Hall–Kier alpha value is -4.35. The van der Waals surface area contributed by atoms with E-state index < -0.39 is 38.8 Å². The zero-order valence-electron chi connectivity index (χ0n) is 26.1. The molecule has 0 N–H and O–H groups in total. The number of nitrogens with zero attached hydrogens (tertiary/aromatic N) is 3. The van der Waals surface area contributed by atoms with E-state index in [1.165, 1.54) is 10.4 Å². The second-order valence-electron chi connectivity index (χ2n) is 11.7. The highest BCUT2D eigenvalue weighted by Gasteiger charge is 2.37. The van der Waals surface area contributed by atoms with Gasteiger partial charge in [-0.2, -0.15) is 13.2 Å². The van der Waals surface area contributed by atoms with Gasteiger partial charge >= 0.3 is 12.3 Å². The number of amides is 1. The van der Waals surface area contributed by atoms with Crippen LogP contribution in [0.2, 0.25) is 0 Å². The summed E-state index contributed by atoms with van der Waals surface area (Å²) >= 11 is 0. The molecule has 0 aliphatic carbocycles. The maximum Gasteiger partial charge on any atom is 0.416 e. The van der Waals surface area contributed by atoms with E-state index in [1.807, 2.05) is 43.3 Å². The first-order valence-electron chi connectivity index (χ1n) is 15.5. The molecule has 1 saturated heterocycles. The predicted molar refractivity (Wildman–Crippen MR) is 175 cm³/mol. The van der Waals surface area contributed by atoms with Gasteiger partial charge in [-0.05, 0) is 61.2 Å². The van der Waals surface area contributed by atoms with Gasteiger partial charge in [-0.1, -0.05) is 84.9 Å². The Kier molecular flexibility index (Phi) is 10.9. The van der Waals surface area contributed by atoms with Crippen molar-refractivity contribution in [3.05, 3.63) is 132 Å². The lowest BCUT2D eigenvalue weighted by Gasteiger charge is -2.38. The van der Waals surface area contributed by atoms with Gasteiger partial charge in [0.25, 0.3) is 10.0 Å². The average Bonchev–Trinajstić information content (AvgIpc) is 3.08. The minimum atomic E-state index is -4.69. The summed E-state index contributed by atoms with van der Waals surface area (Å²) in [5.41, 5.74) is 1.60. The van der Waals surface area contributed by atoms with Gasteiger partial charge in [0.1, 0.15) is 6.61 Å². The lowest BCUT2D eigenvalue weighted by Crippen LogP contribution is -2.49. The number of rotatable bonds is 11. The zero-order valence-corrected chi connectivity index (χ0v) is 26.9. The van der Waals surface area contributed by atoms with Gasteiger partial charge in [0.15, 0.2) is 0 Å². The SMILES string of the molecule is CC(COC(=O)N1CCC(N(c2ccccc2)S(=O)(=O)c2cccc(C(F)(F)F)c2)CC1)N(Cc1ccccc1)Cc1ccccc1. The third kappa shape index (κ3) is 8.72. The monoisotopic (exact) mass is 665 g/mol. The second kappa shape index (κ2) is 15.0. The van der Waals surface area contributed by atoms with Gasteiger partial charge in [-0.15, -0.1) is 0 Å². The van der Waals surface area contributed by atoms with Gasteiger partial charge in [-0.3, -0.25) is 9.21 Å². The van der Waals surface area contributed by atoms with Gasteiger partial charge in [-0.25, -0.2) is 13.2 Å². The first kappa shape index (κ1) is 34.0. The van der Waals surface area contributed by atoms with E-state index in [9.17, 15) is 26.4 Å². The number of carbonyl (C=O) groups is 1. The summed E-state index contributed by atoms with van der Waals surface area (Å²) in [7, 11) is -4.36. The lowest BCUT2D eigenvalue weighted by atomic mass is 10.0. The van der Waals surface area contributed by atoms with Crippen LogP contribution in [0.1, 0.15) is 36.5 Å². The smallest absolute Gasteiger partial charge is 0.416 e. The fraction of sp³-hybridized carbons (Fsp3) is 0.306. The van der Waals surface area contributed by atoms with Crippen molar-refractivity contribution in [2.24, 2.45) is 0 Å². The van der Waals surface area contributed by atoms with Crippen molar-refractivity contribution in [3.8, 4) is 0 Å². The second-order valence-corrected chi connectivity index (χ2v) is 13.5. The molecule has 1 aliphatic rings. The molecule has 0 spiro atoms. The molecule has 0 bridgehead atoms. The van der Waals surface area contributed by atoms with E-state index in [2.05, 4.69) is 29.2 Å². The molecule has 1 unspecified atom stereocenters. The third-order valence-corrected chi connectivity index (χ3v) is 10.2. The minimum Gasteiger partial charge on any atom is -0.448 e. The average molecular weight is 666 g/mol. The topological polar surface area (TPSA) is 70.2 Å². The summed E-state index contributed by atoms with van der Waals surface area (Å²) in [4.78, 5) is 16.6. The van der Waals surface area contributed by atoms with Crippen LogP contribution in [0.3, 0.4) is 0 Å². The summed E-state index contributed by atoms with van der Waals surface area (Å²) in [6.07, 6.45) is -4.61. The van der Waals surface area contributed by atoms with Crippen molar-refractivity contribution in [3.63, 3.8) is 0 Å². The molecule has 11 heteroatoms. The summed E-state index contributed by atoms with van der Waals surface area (Å²) in [5.74, 6) is 0. The molecule has 0 radical (unpaired) electrons. The molecule has 1 fully saturated rings. The van der Waals surface area contributed by atoms with Crippen molar-refractivity contribution >= 4 is 21.8 Å². The highest BCUT2D eigenvalue weighted by molar-refractivity contribution is 7.92. The number of benzene rings is 4. The Labute approximate surface area is 274 Å². The summed E-state index contributed by atoms with van der Waals surface area (Å²) in [6, 6.07) is 31.6. The van der Waals surface area contributed by atoms with Crippen molar-refractivity contribution < 1.29 is 31.1 Å². The Morgan fingerprint density at radius 2 is 1.36 bits per heavy atom. The van der Waals surface area contributed by atoms with Crippen LogP contribution in [0.25, 0.3) is 0 Å². The molecule has 4 aromatic carbocycles. The number of hydrogen-bond acceptors (Lipinski definition) is 5. The number of sulfonamides is 1. The molecule has 5 rings (SSSR count). The Bertz CT molecular complexity index is 1660. The van der Waals surface area contributed by atoms with E-state index in [0.717, 1.165) is 23.3 Å². The Morgan fingerprint density at radius 3 is 1.89 bits per heavy atom. The van der Waals surface area contributed by atoms with Gasteiger partial charge < -0.3 is 9.64 Å². The molecule has 0 saturated carbocycles. The van der Waals surface area contributed by atoms with Crippen LogP contribution in [-0.2, 0) is 34.0 Å². The Balaban J connectivity index is 1.25. The van der Waals surface area contributed by atoms with Gasteiger partial charge in [0, 0.05) is 38.3 Å². The van der Waals surface area contributed by atoms with Crippen LogP contribution in [0, 0.1) is 0 Å². The molecule has 47 heavy (non-hydrogen) atoms. The van der Waals surface area contributed by atoms with E-state index in [-0.39, 0.29) is 38.6 Å². The fourth-order valence-corrected chi connectivity index (χ4v) is 7.50. The van der Waals surface area contributed by atoms with Crippen LogP contribution in [-0.4, -0.2) is 56.1 Å².